The van der Waals surface area contributed by atoms with E-state index in [4.69, 9.17) is 9.47 Å². The molecule has 0 aromatic heterocycles. The smallest absolute Gasteiger partial charge is 0.407 e. The number of carbonyl (C=O) groups excluding carboxylic acids is 2. The molecule has 34 heavy (non-hydrogen) atoms. The lowest BCUT2D eigenvalue weighted by Gasteiger charge is -2.27. The highest BCUT2D eigenvalue weighted by Crippen LogP contribution is 2.44. The third-order valence-corrected chi connectivity index (χ3v) is 7.13. The van der Waals surface area contributed by atoms with Gasteiger partial charge in [0.25, 0.3) is 5.91 Å². The van der Waals surface area contributed by atoms with Gasteiger partial charge in [0.2, 0.25) is 0 Å². The van der Waals surface area contributed by atoms with Crippen LogP contribution in [0.15, 0.2) is 48.5 Å². The van der Waals surface area contributed by atoms with Crippen LogP contribution in [0, 0.1) is 5.92 Å². The van der Waals surface area contributed by atoms with Crippen molar-refractivity contribution >= 4 is 18.0 Å². The van der Waals surface area contributed by atoms with Crippen LogP contribution < -0.4 is 5.32 Å². The molecule has 5 rings (SSSR count). The summed E-state index contributed by atoms with van der Waals surface area (Å²) in [7, 11) is 0. The Hall–Kier alpha value is -3.39. The van der Waals surface area contributed by atoms with Crippen molar-refractivity contribution < 1.29 is 29.0 Å². The van der Waals surface area contributed by atoms with E-state index < -0.39 is 24.2 Å². The second kappa shape index (κ2) is 9.46. The third kappa shape index (κ3) is 4.14. The van der Waals surface area contributed by atoms with Gasteiger partial charge in [-0.15, -0.1) is 0 Å². The molecule has 0 unspecified atom stereocenters. The van der Waals surface area contributed by atoms with Crippen molar-refractivity contribution in [2.24, 2.45) is 5.92 Å². The molecule has 1 aliphatic carbocycles. The zero-order valence-corrected chi connectivity index (χ0v) is 18.8. The van der Waals surface area contributed by atoms with Crippen molar-refractivity contribution in [3.8, 4) is 11.1 Å². The molecule has 0 bridgehead atoms. The topological polar surface area (TPSA) is 105 Å². The lowest BCUT2D eigenvalue weighted by atomic mass is 9.98. The average Bonchev–Trinajstić information content (AvgIpc) is 3.59. The summed E-state index contributed by atoms with van der Waals surface area (Å²) in [6, 6.07) is 15.5. The zero-order valence-electron chi connectivity index (χ0n) is 18.8. The fourth-order valence-electron chi connectivity index (χ4n) is 5.43. The number of ether oxygens (including phenoxy) is 2. The van der Waals surface area contributed by atoms with Gasteiger partial charge in [0.1, 0.15) is 18.8 Å². The number of nitrogens with zero attached hydrogens (tertiary/aromatic N) is 1. The van der Waals surface area contributed by atoms with Gasteiger partial charge in [0, 0.05) is 31.5 Å². The van der Waals surface area contributed by atoms with Gasteiger partial charge in [-0.3, -0.25) is 4.79 Å². The first-order chi connectivity index (χ1) is 16.5. The van der Waals surface area contributed by atoms with E-state index in [1.54, 1.807) is 0 Å². The van der Waals surface area contributed by atoms with Crippen LogP contribution in [0.4, 0.5) is 4.79 Å². The number of aliphatic carboxylic acids is 1. The largest absolute Gasteiger partial charge is 0.480 e. The first kappa shape index (κ1) is 22.4. The van der Waals surface area contributed by atoms with Gasteiger partial charge in [-0.05, 0) is 41.5 Å². The maximum Gasteiger partial charge on any atom is 0.407 e. The molecular weight excluding hydrogens is 436 g/mol. The standard InChI is InChI=1S/C26H28N2O6/c29-24(28-12-5-10-22(28)25(30)31)23-16(11-13-33-23)14-27-26(32)34-15-21-19-8-3-1-6-17(19)18-7-2-4-9-20(18)21/h1-4,6-9,16,21-23H,5,10-15H2,(H,27,32)(H,30,31)/t16-,22+,23-/m0/s1. The summed E-state index contributed by atoms with van der Waals surface area (Å²) in [4.78, 5) is 38.3. The molecular formula is C26H28N2O6. The van der Waals surface area contributed by atoms with Crippen molar-refractivity contribution in [3.05, 3.63) is 59.7 Å². The van der Waals surface area contributed by atoms with Crippen molar-refractivity contribution in [1.82, 2.24) is 10.2 Å². The van der Waals surface area contributed by atoms with E-state index in [1.807, 2.05) is 24.3 Å². The monoisotopic (exact) mass is 464 g/mol. The number of amides is 2. The number of benzene rings is 2. The Labute approximate surface area is 197 Å². The van der Waals surface area contributed by atoms with Crippen LogP contribution in [-0.2, 0) is 19.1 Å². The Balaban J connectivity index is 1.17. The van der Waals surface area contributed by atoms with Gasteiger partial charge in [-0.2, -0.15) is 0 Å². The van der Waals surface area contributed by atoms with Gasteiger partial charge in [-0.25, -0.2) is 9.59 Å². The number of hydrogen-bond acceptors (Lipinski definition) is 5. The molecule has 8 heteroatoms. The highest BCUT2D eigenvalue weighted by atomic mass is 16.5. The van der Waals surface area contributed by atoms with Gasteiger partial charge < -0.3 is 24.8 Å². The minimum atomic E-state index is -0.989. The van der Waals surface area contributed by atoms with Gasteiger partial charge in [-0.1, -0.05) is 48.5 Å². The maximum atomic E-state index is 12.9. The summed E-state index contributed by atoms with van der Waals surface area (Å²) in [5, 5.41) is 12.2. The summed E-state index contributed by atoms with van der Waals surface area (Å²) in [5.41, 5.74) is 4.62. The number of carboxylic acids is 1. The predicted molar refractivity (Wildman–Crippen MR) is 123 cm³/mol. The number of likely N-dealkylation sites (tertiary alicyclic amines) is 1. The number of carboxylic acid groups (broad SMARTS) is 1. The van der Waals surface area contributed by atoms with E-state index in [2.05, 4.69) is 29.6 Å². The SMILES string of the molecule is O=C(NC[C@@H]1CCO[C@@H]1C(=O)N1CCC[C@@H]1C(=O)O)OCC1c2ccccc2-c2ccccc21. The fraction of sp³-hybridized carbons (Fsp3) is 0.423. The number of rotatable bonds is 6. The predicted octanol–water partition coefficient (Wildman–Crippen LogP) is 3.01. The number of carbonyl (C=O) groups is 3. The molecule has 0 radical (unpaired) electrons. The van der Waals surface area contributed by atoms with E-state index in [0.717, 1.165) is 22.3 Å². The summed E-state index contributed by atoms with van der Waals surface area (Å²) in [5.74, 6) is -1.53. The molecule has 2 aliphatic heterocycles. The second-order valence-electron chi connectivity index (χ2n) is 9.07. The Morgan fingerprint density at radius 1 is 1.03 bits per heavy atom. The Morgan fingerprint density at radius 2 is 1.71 bits per heavy atom. The summed E-state index contributed by atoms with van der Waals surface area (Å²) in [6.45, 7) is 1.28. The molecule has 0 spiro atoms. The lowest BCUT2D eigenvalue weighted by molar-refractivity contribution is -0.153. The second-order valence-corrected chi connectivity index (χ2v) is 9.07. The Kier molecular flexibility index (Phi) is 6.24. The van der Waals surface area contributed by atoms with Gasteiger partial charge in [0.15, 0.2) is 0 Å². The first-order valence-corrected chi connectivity index (χ1v) is 11.8. The first-order valence-electron chi connectivity index (χ1n) is 11.8. The molecule has 2 saturated heterocycles. The molecule has 2 fully saturated rings. The summed E-state index contributed by atoms with van der Waals surface area (Å²) >= 11 is 0. The normalized spacial score (nSPS) is 23.4. The van der Waals surface area contributed by atoms with Gasteiger partial charge >= 0.3 is 12.1 Å². The third-order valence-electron chi connectivity index (χ3n) is 7.13. The molecule has 3 atom stereocenters. The highest BCUT2D eigenvalue weighted by molar-refractivity contribution is 5.87. The van der Waals surface area contributed by atoms with E-state index in [1.165, 1.54) is 4.90 Å². The quantitative estimate of drug-likeness (QED) is 0.681. The molecule has 2 aromatic rings. The lowest BCUT2D eigenvalue weighted by Crippen LogP contribution is -2.48. The number of nitrogens with one attached hydrogen (secondary N) is 1. The van der Waals surface area contributed by atoms with Crippen LogP contribution >= 0.6 is 0 Å². The molecule has 3 aliphatic rings. The molecule has 2 N–H and O–H groups in total. The van der Waals surface area contributed by atoms with Crippen molar-refractivity contribution in [3.63, 3.8) is 0 Å². The van der Waals surface area contributed by atoms with E-state index in [-0.39, 0.29) is 30.9 Å². The minimum Gasteiger partial charge on any atom is -0.480 e. The molecule has 8 nitrogen and oxygen atoms in total. The number of fused-ring (bicyclic) bond motifs is 3. The van der Waals surface area contributed by atoms with Crippen molar-refractivity contribution in [1.29, 1.82) is 0 Å². The maximum absolute atomic E-state index is 12.9. The Bertz CT molecular complexity index is 1060. The van der Waals surface area contributed by atoms with E-state index in [0.29, 0.717) is 32.4 Å². The van der Waals surface area contributed by atoms with Crippen LogP contribution in [0.5, 0.6) is 0 Å². The summed E-state index contributed by atoms with van der Waals surface area (Å²) in [6.07, 6.45) is 0.457. The van der Waals surface area contributed by atoms with E-state index >= 15 is 0 Å². The van der Waals surface area contributed by atoms with Crippen LogP contribution in [0.1, 0.15) is 36.3 Å². The number of hydrogen-bond donors (Lipinski definition) is 2. The average molecular weight is 465 g/mol. The highest BCUT2D eigenvalue weighted by Gasteiger charge is 2.42. The van der Waals surface area contributed by atoms with Crippen molar-refractivity contribution in [2.45, 2.75) is 37.3 Å². The Morgan fingerprint density at radius 3 is 2.38 bits per heavy atom. The molecule has 2 amide bonds. The molecule has 2 heterocycles. The van der Waals surface area contributed by atoms with Crippen LogP contribution in [0.3, 0.4) is 0 Å². The number of alkyl carbamates (subject to hydrolysis) is 1. The van der Waals surface area contributed by atoms with Crippen LogP contribution in [0.25, 0.3) is 11.1 Å². The van der Waals surface area contributed by atoms with E-state index in [9.17, 15) is 19.5 Å². The van der Waals surface area contributed by atoms with Crippen molar-refractivity contribution in [2.75, 3.05) is 26.3 Å². The summed E-state index contributed by atoms with van der Waals surface area (Å²) < 4.78 is 11.2. The van der Waals surface area contributed by atoms with Crippen LogP contribution in [0.2, 0.25) is 0 Å². The molecule has 2 aromatic carbocycles. The molecule has 178 valence electrons. The minimum absolute atomic E-state index is 0.0228. The van der Waals surface area contributed by atoms with Gasteiger partial charge in [0.05, 0.1) is 0 Å². The molecule has 0 saturated carbocycles. The zero-order chi connectivity index (χ0) is 23.7. The fourth-order valence-corrected chi connectivity index (χ4v) is 5.43. The van der Waals surface area contributed by atoms with Crippen LogP contribution in [-0.4, -0.2) is 66.4 Å².